The molecule has 0 atom stereocenters. The Labute approximate surface area is 304 Å². The summed E-state index contributed by atoms with van der Waals surface area (Å²) in [4.78, 5) is 0. The average molecular weight is 943 g/mol. The van der Waals surface area contributed by atoms with Crippen molar-refractivity contribution in [2.24, 2.45) is 0 Å². The molecule has 0 heterocycles. The molecular formula is C38H58Cl2Hf2. The van der Waals surface area contributed by atoms with Crippen molar-refractivity contribution in [2.45, 2.75) is 130 Å². The van der Waals surface area contributed by atoms with Gasteiger partial charge in [0.05, 0.1) is 0 Å². The van der Waals surface area contributed by atoms with Crippen LogP contribution in [0.2, 0.25) is 0 Å². The number of allylic oxidation sites excluding steroid dienone is 16. The first-order valence-electron chi connectivity index (χ1n) is 15.5. The Bertz CT molecular complexity index is 703. The van der Waals surface area contributed by atoms with Gasteiger partial charge < -0.3 is 0 Å². The first-order valence-corrected chi connectivity index (χ1v) is 20.5. The molecule has 0 N–H and O–H groups in total. The molecule has 0 aromatic rings. The van der Waals surface area contributed by atoms with Gasteiger partial charge in [-0.15, -0.1) is 50.5 Å². The minimum atomic E-state index is 0. The number of unbranched alkanes of at least 4 members (excludes halogenated alkanes) is 4. The van der Waals surface area contributed by atoms with Gasteiger partial charge in [0.15, 0.2) is 0 Å². The summed E-state index contributed by atoms with van der Waals surface area (Å²) in [5.41, 5.74) is 5.93. The Balaban J connectivity index is -0.000000217. The number of hydrogen-bond donors (Lipinski definition) is 0. The van der Waals surface area contributed by atoms with Gasteiger partial charge in [0.2, 0.25) is 0 Å². The van der Waals surface area contributed by atoms with E-state index in [1.54, 1.807) is 0 Å². The van der Waals surface area contributed by atoms with Gasteiger partial charge in [0, 0.05) is 0 Å². The third kappa shape index (κ3) is 31.4. The van der Waals surface area contributed by atoms with Crippen molar-refractivity contribution in [1.82, 2.24) is 0 Å². The predicted octanol–water partition coefficient (Wildman–Crippen LogP) is 12.2. The summed E-state index contributed by atoms with van der Waals surface area (Å²) in [7, 11) is 0. The van der Waals surface area contributed by atoms with Gasteiger partial charge in [0.1, 0.15) is 0 Å². The summed E-state index contributed by atoms with van der Waals surface area (Å²) < 4.78 is 6.78. The Morgan fingerprint density at radius 3 is 0.762 bits per heavy atom. The van der Waals surface area contributed by atoms with Crippen LogP contribution in [0, 0.1) is 24.3 Å². The van der Waals surface area contributed by atoms with Gasteiger partial charge in [0.25, 0.3) is 0 Å². The molecule has 4 aliphatic rings. The van der Waals surface area contributed by atoms with Crippen molar-refractivity contribution in [1.29, 1.82) is 0 Å². The quantitative estimate of drug-likeness (QED) is 0.135. The van der Waals surface area contributed by atoms with E-state index in [0.29, 0.717) is 0 Å². The summed E-state index contributed by atoms with van der Waals surface area (Å²) in [6.45, 7) is 8.90. The maximum absolute atomic E-state index is 3.39. The van der Waals surface area contributed by atoms with E-state index in [9.17, 15) is 0 Å². The summed E-state index contributed by atoms with van der Waals surface area (Å²) in [6, 6.07) is 0. The average Bonchev–Trinajstić information content (AvgIpc) is 3.85. The fourth-order valence-electron chi connectivity index (χ4n) is 3.98. The molecule has 232 valence electrons. The summed E-state index contributed by atoms with van der Waals surface area (Å²) >= 11 is 2.11. The molecule has 0 aromatic carbocycles. The second-order valence-electron chi connectivity index (χ2n) is 9.74. The second-order valence-corrected chi connectivity index (χ2v) is 9.74. The van der Waals surface area contributed by atoms with Gasteiger partial charge in [-0.3, -0.25) is 24.3 Å². The monoisotopic (exact) mass is 944 g/mol. The molecule has 0 unspecified atom stereocenters. The Morgan fingerprint density at radius 2 is 0.643 bits per heavy atom. The molecule has 0 aromatic heterocycles. The van der Waals surface area contributed by atoms with Gasteiger partial charge >= 0.3 is 56.3 Å². The third-order valence-electron chi connectivity index (χ3n) is 6.35. The van der Waals surface area contributed by atoms with Gasteiger partial charge in [-0.1, -0.05) is 105 Å². The summed E-state index contributed by atoms with van der Waals surface area (Å²) in [5, 5.41) is 0. The molecule has 0 saturated carbocycles. The van der Waals surface area contributed by atoms with Crippen LogP contribution < -0.4 is 0 Å². The zero-order valence-corrected chi connectivity index (χ0v) is 36.0. The number of hydrogen-bond acceptors (Lipinski definition) is 0. The summed E-state index contributed by atoms with van der Waals surface area (Å²) in [6.07, 6.45) is 49.8. The van der Waals surface area contributed by atoms with Crippen molar-refractivity contribution in [2.75, 3.05) is 0 Å². The van der Waals surface area contributed by atoms with E-state index in [4.69, 9.17) is 0 Å². The fourth-order valence-corrected chi connectivity index (χ4v) is 3.98. The number of rotatable bonds is 12. The molecule has 0 nitrogen and oxygen atoms in total. The Hall–Kier alpha value is -0.0197. The molecule has 0 radical (unpaired) electrons. The topological polar surface area (TPSA) is 0 Å². The van der Waals surface area contributed by atoms with Crippen molar-refractivity contribution >= 4 is 33.3 Å². The van der Waals surface area contributed by atoms with Gasteiger partial charge in [-0.05, 0) is 0 Å². The Morgan fingerprint density at radius 1 is 0.452 bits per heavy atom. The molecule has 0 bridgehead atoms. The first-order chi connectivity index (χ1) is 19.7. The molecule has 4 heteroatoms. The first kappa shape index (κ1) is 48.9. The SMILES string of the molecule is CCCCC1=CC[C-]=C1.CCCCC1=CC[C-]=C1.CCCCC1=CC[C-]=C1.CCCCC1=CC[C-]=C1.Cl.Cl.[CH2]=[Hf+2].[CH2]=[Hf+2]. The van der Waals surface area contributed by atoms with E-state index in [-0.39, 0.29) is 24.8 Å². The van der Waals surface area contributed by atoms with E-state index < -0.39 is 0 Å². The van der Waals surface area contributed by atoms with E-state index in [0.717, 1.165) is 73.5 Å². The number of halogens is 2. The van der Waals surface area contributed by atoms with Crippen LogP contribution >= 0.6 is 24.8 Å². The second kappa shape index (κ2) is 41.0. The van der Waals surface area contributed by atoms with Crippen LogP contribution in [0.1, 0.15) is 130 Å². The van der Waals surface area contributed by atoms with Crippen molar-refractivity contribution in [3.63, 3.8) is 0 Å². The van der Waals surface area contributed by atoms with Crippen molar-refractivity contribution in [3.05, 3.63) is 95.2 Å². The van der Waals surface area contributed by atoms with Crippen LogP contribution in [0.3, 0.4) is 0 Å². The van der Waals surface area contributed by atoms with Crippen LogP contribution in [0.5, 0.6) is 0 Å². The summed E-state index contributed by atoms with van der Waals surface area (Å²) in [5.74, 6) is 0. The zero-order chi connectivity index (χ0) is 30.1. The molecular weight excluding hydrogens is 884 g/mol. The van der Waals surface area contributed by atoms with Crippen LogP contribution in [0.15, 0.2) is 70.9 Å². The molecule has 0 saturated heterocycles. The molecule has 4 aliphatic carbocycles. The van der Waals surface area contributed by atoms with Crippen LogP contribution in [0.25, 0.3) is 0 Å². The van der Waals surface area contributed by atoms with Crippen molar-refractivity contribution < 1.29 is 47.8 Å². The predicted molar refractivity (Wildman–Crippen MR) is 189 cm³/mol. The standard InChI is InChI=1S/4C9H13.2CH2.2ClH.2Hf/c4*1-2-3-6-9-7-4-5-8-9;;;;;;/h4*7-8H,2-4,6H2,1H3;2*1H2;2*1H;;/q4*-1;;;;;2*+2. The van der Waals surface area contributed by atoms with Crippen LogP contribution in [-0.2, 0) is 47.8 Å². The van der Waals surface area contributed by atoms with E-state index in [1.165, 1.54) is 99.3 Å². The minimum absolute atomic E-state index is 0. The van der Waals surface area contributed by atoms with Crippen molar-refractivity contribution in [3.8, 4) is 0 Å². The van der Waals surface area contributed by atoms with Crippen LogP contribution in [0.4, 0.5) is 0 Å². The fraction of sp³-hybridized carbons (Fsp3) is 0.526. The molecule has 0 spiro atoms. The van der Waals surface area contributed by atoms with E-state index in [2.05, 4.69) is 109 Å². The van der Waals surface area contributed by atoms with E-state index in [1.807, 2.05) is 0 Å². The molecule has 0 amide bonds. The normalized spacial score (nSPS) is 14.3. The Kier molecular flexibility index (Phi) is 47.7. The van der Waals surface area contributed by atoms with E-state index >= 15 is 0 Å². The molecule has 0 fully saturated rings. The molecule has 4 rings (SSSR count). The maximum atomic E-state index is 3.39. The zero-order valence-electron chi connectivity index (χ0n) is 27.2. The van der Waals surface area contributed by atoms with Gasteiger partial charge in [-0.2, -0.15) is 24.3 Å². The molecule has 42 heavy (non-hydrogen) atoms. The molecule has 0 aliphatic heterocycles. The van der Waals surface area contributed by atoms with Crippen LogP contribution in [-0.4, -0.2) is 8.52 Å². The third-order valence-corrected chi connectivity index (χ3v) is 6.35. The van der Waals surface area contributed by atoms with Gasteiger partial charge in [-0.25, -0.2) is 46.6 Å².